The molecule has 1 aliphatic rings. The van der Waals surface area contributed by atoms with Gasteiger partial charge in [0.05, 0.1) is 15.6 Å². The molecule has 0 aliphatic carbocycles. The summed E-state index contributed by atoms with van der Waals surface area (Å²) < 4.78 is 0. The van der Waals surface area contributed by atoms with Crippen molar-refractivity contribution in [1.82, 2.24) is 9.80 Å². The van der Waals surface area contributed by atoms with Crippen LogP contribution in [0.4, 0.5) is 5.69 Å². The lowest BCUT2D eigenvalue weighted by Crippen LogP contribution is -2.34. The Bertz CT molecular complexity index is 493. The molecule has 1 heterocycles. The van der Waals surface area contributed by atoms with E-state index >= 15 is 0 Å². The number of nitrogen functional groups attached to an aromatic ring is 1. The number of halogens is 2. The summed E-state index contributed by atoms with van der Waals surface area (Å²) in [6, 6.07) is 3.14. The van der Waals surface area contributed by atoms with Crippen molar-refractivity contribution in [1.29, 1.82) is 0 Å². The number of carbonyl (C=O) groups is 1. The zero-order valence-electron chi connectivity index (χ0n) is 10.8. The highest BCUT2D eigenvalue weighted by atomic mass is 35.5. The molecule has 2 N–H and O–H groups in total. The van der Waals surface area contributed by atoms with Gasteiger partial charge in [0.2, 0.25) is 0 Å². The largest absolute Gasteiger partial charge is 0.399 e. The van der Waals surface area contributed by atoms with Gasteiger partial charge in [-0.1, -0.05) is 23.2 Å². The third-order valence-corrected chi connectivity index (χ3v) is 4.09. The highest BCUT2D eigenvalue weighted by molar-refractivity contribution is 6.44. The van der Waals surface area contributed by atoms with Crippen molar-refractivity contribution >= 4 is 34.8 Å². The predicted octanol–water partition coefficient (Wildman–Crippen LogP) is 2.35. The fraction of sp³-hybridized carbons (Fsp3) is 0.462. The second-order valence-electron chi connectivity index (χ2n) is 4.81. The number of nitrogens with zero attached hydrogens (tertiary/aromatic N) is 2. The van der Waals surface area contributed by atoms with Crippen LogP contribution in [-0.2, 0) is 0 Å². The normalized spacial score (nSPS) is 17.3. The Kier molecular flexibility index (Phi) is 4.55. The molecule has 0 unspecified atom stereocenters. The summed E-state index contributed by atoms with van der Waals surface area (Å²) in [7, 11) is 2.05. The lowest BCUT2D eigenvalue weighted by atomic mass is 10.1. The minimum Gasteiger partial charge on any atom is -0.399 e. The van der Waals surface area contributed by atoms with Gasteiger partial charge in [0.25, 0.3) is 5.91 Å². The minimum atomic E-state index is -0.102. The zero-order valence-corrected chi connectivity index (χ0v) is 12.3. The van der Waals surface area contributed by atoms with Crippen molar-refractivity contribution in [2.75, 3.05) is 39.0 Å². The summed E-state index contributed by atoms with van der Waals surface area (Å²) in [6.07, 6.45) is 0.954. The molecule has 104 valence electrons. The highest BCUT2D eigenvalue weighted by Crippen LogP contribution is 2.29. The number of benzene rings is 1. The highest BCUT2D eigenvalue weighted by Gasteiger charge is 2.22. The van der Waals surface area contributed by atoms with E-state index in [2.05, 4.69) is 11.9 Å². The van der Waals surface area contributed by atoms with Crippen LogP contribution in [0.2, 0.25) is 10.0 Å². The van der Waals surface area contributed by atoms with Gasteiger partial charge in [0.1, 0.15) is 0 Å². The van der Waals surface area contributed by atoms with Crippen LogP contribution in [0.3, 0.4) is 0 Å². The van der Waals surface area contributed by atoms with Crippen LogP contribution in [-0.4, -0.2) is 48.9 Å². The maximum Gasteiger partial charge on any atom is 0.255 e. The molecule has 0 aromatic heterocycles. The first-order valence-electron chi connectivity index (χ1n) is 6.21. The summed E-state index contributed by atoms with van der Waals surface area (Å²) >= 11 is 12.1. The lowest BCUT2D eigenvalue weighted by molar-refractivity contribution is 0.0763. The Morgan fingerprint density at radius 1 is 1.21 bits per heavy atom. The quantitative estimate of drug-likeness (QED) is 0.810. The number of rotatable bonds is 1. The number of carbonyl (C=O) groups excluding carboxylic acids is 1. The number of likely N-dealkylation sites (N-methyl/N-ethyl adjacent to an activating group) is 1. The molecule has 0 atom stereocenters. The van der Waals surface area contributed by atoms with Gasteiger partial charge in [0, 0.05) is 25.3 Å². The molecule has 0 bridgehead atoms. The molecule has 1 fully saturated rings. The molecule has 1 aliphatic heterocycles. The van der Waals surface area contributed by atoms with E-state index in [-0.39, 0.29) is 10.9 Å². The SMILES string of the molecule is CN1CCCN(C(=O)c2cc(N)cc(Cl)c2Cl)CC1. The van der Waals surface area contributed by atoms with Crippen LogP contribution in [0.5, 0.6) is 0 Å². The second-order valence-corrected chi connectivity index (χ2v) is 5.60. The molecule has 1 aromatic rings. The standard InChI is InChI=1S/C13H17Cl2N3O/c1-17-3-2-4-18(6-5-17)13(19)10-7-9(16)8-11(14)12(10)15/h7-8H,2-6,16H2,1H3. The molecular formula is C13H17Cl2N3O. The van der Waals surface area contributed by atoms with E-state index in [4.69, 9.17) is 28.9 Å². The van der Waals surface area contributed by atoms with Crippen molar-refractivity contribution in [3.63, 3.8) is 0 Å². The van der Waals surface area contributed by atoms with E-state index in [1.807, 2.05) is 0 Å². The maximum atomic E-state index is 12.5. The lowest BCUT2D eigenvalue weighted by Gasteiger charge is -2.21. The molecule has 1 amide bonds. The summed E-state index contributed by atoms with van der Waals surface area (Å²) in [5, 5.41) is 0.593. The molecule has 4 nitrogen and oxygen atoms in total. The summed E-state index contributed by atoms with van der Waals surface area (Å²) in [5.74, 6) is -0.102. The third kappa shape index (κ3) is 3.32. The number of amides is 1. The van der Waals surface area contributed by atoms with Crippen LogP contribution < -0.4 is 5.73 Å². The Balaban J connectivity index is 2.24. The predicted molar refractivity (Wildman–Crippen MR) is 78.9 cm³/mol. The van der Waals surface area contributed by atoms with Crippen LogP contribution in [0, 0.1) is 0 Å². The van der Waals surface area contributed by atoms with Gasteiger partial charge in [-0.15, -0.1) is 0 Å². The van der Waals surface area contributed by atoms with E-state index in [0.29, 0.717) is 22.8 Å². The van der Waals surface area contributed by atoms with E-state index in [1.54, 1.807) is 17.0 Å². The van der Waals surface area contributed by atoms with Crippen molar-refractivity contribution < 1.29 is 4.79 Å². The first-order chi connectivity index (χ1) is 8.99. The molecule has 19 heavy (non-hydrogen) atoms. The van der Waals surface area contributed by atoms with Crippen LogP contribution in [0.15, 0.2) is 12.1 Å². The van der Waals surface area contributed by atoms with Crippen LogP contribution in [0.1, 0.15) is 16.8 Å². The van der Waals surface area contributed by atoms with Gasteiger partial charge < -0.3 is 15.5 Å². The Labute approximate surface area is 123 Å². The van der Waals surface area contributed by atoms with E-state index < -0.39 is 0 Å². The van der Waals surface area contributed by atoms with Gasteiger partial charge in [-0.2, -0.15) is 0 Å². The number of hydrogen-bond acceptors (Lipinski definition) is 3. The molecule has 1 aromatic carbocycles. The first-order valence-corrected chi connectivity index (χ1v) is 6.97. The van der Waals surface area contributed by atoms with E-state index in [1.165, 1.54) is 0 Å². The number of hydrogen-bond donors (Lipinski definition) is 1. The molecule has 1 saturated heterocycles. The van der Waals surface area contributed by atoms with Crippen molar-refractivity contribution in [2.45, 2.75) is 6.42 Å². The first kappa shape index (κ1) is 14.4. The third-order valence-electron chi connectivity index (χ3n) is 3.29. The molecule has 2 rings (SSSR count). The topological polar surface area (TPSA) is 49.6 Å². The fourth-order valence-electron chi connectivity index (χ4n) is 2.19. The minimum absolute atomic E-state index is 0.102. The summed E-state index contributed by atoms with van der Waals surface area (Å²) in [6.45, 7) is 3.28. The van der Waals surface area contributed by atoms with Crippen LogP contribution in [0.25, 0.3) is 0 Å². The molecule has 6 heteroatoms. The fourth-order valence-corrected chi connectivity index (χ4v) is 2.60. The molecule has 0 spiro atoms. The molecular weight excluding hydrogens is 285 g/mol. The van der Waals surface area contributed by atoms with Gasteiger partial charge in [-0.25, -0.2) is 0 Å². The summed E-state index contributed by atoms with van der Waals surface area (Å²) in [5.41, 5.74) is 6.56. The van der Waals surface area contributed by atoms with E-state index in [9.17, 15) is 4.79 Å². The average Bonchev–Trinajstić information content (AvgIpc) is 2.58. The zero-order chi connectivity index (χ0) is 14.0. The van der Waals surface area contributed by atoms with Gasteiger partial charge in [0.15, 0.2) is 0 Å². The van der Waals surface area contributed by atoms with Crippen molar-refractivity contribution in [3.8, 4) is 0 Å². The van der Waals surface area contributed by atoms with E-state index in [0.717, 1.165) is 26.1 Å². The van der Waals surface area contributed by atoms with Gasteiger partial charge in [-0.3, -0.25) is 4.79 Å². The van der Waals surface area contributed by atoms with Crippen LogP contribution >= 0.6 is 23.2 Å². The van der Waals surface area contributed by atoms with Crippen molar-refractivity contribution in [3.05, 3.63) is 27.7 Å². The molecule has 0 saturated carbocycles. The summed E-state index contributed by atoms with van der Waals surface area (Å²) in [4.78, 5) is 16.5. The number of anilines is 1. The Morgan fingerprint density at radius 2 is 1.95 bits per heavy atom. The second kappa shape index (κ2) is 5.99. The average molecular weight is 302 g/mol. The maximum absolute atomic E-state index is 12.5. The van der Waals surface area contributed by atoms with Gasteiger partial charge in [-0.05, 0) is 32.1 Å². The number of nitrogens with two attached hydrogens (primary N) is 1. The van der Waals surface area contributed by atoms with Gasteiger partial charge >= 0.3 is 0 Å². The Hall–Kier alpha value is -0.970. The molecule has 0 radical (unpaired) electrons. The smallest absolute Gasteiger partial charge is 0.255 e. The Morgan fingerprint density at radius 3 is 2.68 bits per heavy atom. The monoisotopic (exact) mass is 301 g/mol. The van der Waals surface area contributed by atoms with Crippen molar-refractivity contribution in [2.24, 2.45) is 0 Å².